The van der Waals surface area contributed by atoms with Crippen molar-refractivity contribution in [3.63, 3.8) is 0 Å². The topological polar surface area (TPSA) is 0 Å². The van der Waals surface area contributed by atoms with Gasteiger partial charge in [-0.05, 0) is 32.6 Å². The van der Waals surface area contributed by atoms with Crippen LogP contribution in [0.1, 0.15) is 45.4 Å². The predicted molar refractivity (Wildman–Crippen MR) is 55.5 cm³/mol. The third kappa shape index (κ3) is 0.820. The molecule has 0 N–H and O–H groups in total. The molecule has 0 bridgehead atoms. The van der Waals surface area contributed by atoms with Crippen molar-refractivity contribution in [3.05, 3.63) is 23.8 Å². The summed E-state index contributed by atoms with van der Waals surface area (Å²) >= 11 is 0. The van der Waals surface area contributed by atoms with Crippen molar-refractivity contribution in [3.8, 4) is 0 Å². The molecule has 0 aromatic heterocycles. The second-order valence-electron chi connectivity index (χ2n) is 5.28. The maximum Gasteiger partial charge on any atom is 0.00128 e. The highest BCUT2D eigenvalue weighted by atomic mass is 14.6. The van der Waals surface area contributed by atoms with E-state index in [9.17, 15) is 0 Å². The largest absolute Gasteiger partial charge is 0.0847 e. The Morgan fingerprint density at radius 1 is 1.08 bits per heavy atom. The highest BCUT2D eigenvalue weighted by Crippen LogP contribution is 2.65. The second-order valence-corrected chi connectivity index (χ2v) is 5.28. The van der Waals surface area contributed by atoms with E-state index in [-0.39, 0.29) is 0 Å². The van der Waals surface area contributed by atoms with E-state index in [0.29, 0.717) is 10.8 Å². The van der Waals surface area contributed by atoms with Crippen molar-refractivity contribution >= 4 is 0 Å². The maximum atomic E-state index is 2.52. The van der Waals surface area contributed by atoms with Gasteiger partial charge in [-0.3, -0.25) is 0 Å². The molecule has 0 aromatic rings. The number of hydrogen-bond donors (Lipinski definition) is 0. The zero-order valence-corrected chi connectivity index (χ0v) is 8.47. The monoisotopic (exact) mass is 174 g/mol. The lowest BCUT2D eigenvalue weighted by atomic mass is 9.45. The molecule has 0 saturated heterocycles. The summed E-state index contributed by atoms with van der Waals surface area (Å²) in [4.78, 5) is 0. The first-order valence-electron chi connectivity index (χ1n) is 5.63. The van der Waals surface area contributed by atoms with E-state index in [4.69, 9.17) is 0 Å². The summed E-state index contributed by atoms with van der Waals surface area (Å²) in [7, 11) is 0. The summed E-state index contributed by atoms with van der Waals surface area (Å²) in [5.74, 6) is 0. The summed E-state index contributed by atoms with van der Waals surface area (Å²) in [6.07, 6.45) is 16.0. The van der Waals surface area contributed by atoms with E-state index < -0.39 is 0 Å². The summed E-state index contributed by atoms with van der Waals surface area (Å²) in [6.45, 7) is 2.30. The Morgan fingerprint density at radius 2 is 1.77 bits per heavy atom. The Morgan fingerprint density at radius 3 is 2.46 bits per heavy atom. The summed E-state index contributed by atoms with van der Waals surface area (Å²) in [6, 6.07) is 0. The zero-order chi connectivity index (χ0) is 8.94. The molecule has 3 aliphatic rings. The van der Waals surface area contributed by atoms with Gasteiger partial charge in [-0.15, -0.1) is 0 Å². The lowest BCUT2D eigenvalue weighted by Gasteiger charge is -2.59. The number of hydrogen-bond acceptors (Lipinski definition) is 0. The molecule has 1 saturated carbocycles. The van der Waals surface area contributed by atoms with Crippen molar-refractivity contribution in [2.45, 2.75) is 45.4 Å². The smallest absolute Gasteiger partial charge is 0.00128 e. The van der Waals surface area contributed by atoms with E-state index in [1.807, 2.05) is 0 Å². The van der Waals surface area contributed by atoms with Crippen molar-refractivity contribution in [2.75, 3.05) is 0 Å². The summed E-state index contributed by atoms with van der Waals surface area (Å²) in [5.41, 5.74) is 2.86. The quantitative estimate of drug-likeness (QED) is 0.489. The van der Waals surface area contributed by atoms with Crippen LogP contribution in [0.3, 0.4) is 0 Å². The van der Waals surface area contributed by atoms with Crippen LogP contribution < -0.4 is 0 Å². The van der Waals surface area contributed by atoms with Gasteiger partial charge in [0.05, 0.1) is 0 Å². The molecule has 0 nitrogen and oxygen atoms in total. The van der Waals surface area contributed by atoms with Crippen LogP contribution in [0, 0.1) is 10.8 Å². The van der Waals surface area contributed by atoms with Crippen LogP contribution in [0.5, 0.6) is 0 Å². The summed E-state index contributed by atoms with van der Waals surface area (Å²) in [5, 5.41) is 0. The minimum atomic E-state index is 0.615. The highest BCUT2D eigenvalue weighted by molar-refractivity contribution is 5.34. The molecule has 0 spiro atoms. The molecular formula is C13H18. The third-order valence-corrected chi connectivity index (χ3v) is 4.62. The molecule has 0 aromatic carbocycles. The van der Waals surface area contributed by atoms with Crippen molar-refractivity contribution in [1.82, 2.24) is 0 Å². The fraction of sp³-hybridized carbons (Fsp3) is 0.692. The molecule has 3 rings (SSSR count). The van der Waals surface area contributed by atoms with E-state index in [0.717, 1.165) is 0 Å². The van der Waals surface area contributed by atoms with Crippen LogP contribution >= 0.6 is 0 Å². The number of allylic oxidation sites excluding steroid dienone is 4. The average Bonchev–Trinajstić information content (AvgIpc) is 2.11. The number of rotatable bonds is 0. The van der Waals surface area contributed by atoms with Gasteiger partial charge < -0.3 is 0 Å². The minimum Gasteiger partial charge on any atom is -0.0847 e. The van der Waals surface area contributed by atoms with Gasteiger partial charge in [0.1, 0.15) is 0 Å². The highest BCUT2D eigenvalue weighted by Gasteiger charge is 2.55. The normalized spacial score (nSPS) is 47.3. The molecule has 2 atom stereocenters. The lowest BCUT2D eigenvalue weighted by Crippen LogP contribution is -2.49. The molecule has 70 valence electrons. The second kappa shape index (κ2) is 2.29. The Bertz CT molecular complexity index is 297. The molecule has 3 aliphatic carbocycles. The standard InChI is InChI=1S/C13H18/c1-11-4-7-12-5-2-3-6-13(12,10-11)9-8-12/h4,8-9H,2-3,5-7,10H2,1H3. The van der Waals surface area contributed by atoms with Gasteiger partial charge in [0.25, 0.3) is 0 Å². The predicted octanol–water partition coefficient (Wildman–Crippen LogP) is 3.84. The van der Waals surface area contributed by atoms with Crippen LogP contribution in [0.25, 0.3) is 0 Å². The molecule has 0 radical (unpaired) electrons. The van der Waals surface area contributed by atoms with Crippen LogP contribution in [-0.4, -0.2) is 0 Å². The molecule has 0 amide bonds. The molecule has 0 aliphatic heterocycles. The van der Waals surface area contributed by atoms with Gasteiger partial charge in [0.2, 0.25) is 0 Å². The fourth-order valence-corrected chi connectivity index (χ4v) is 3.72. The Kier molecular flexibility index (Phi) is 1.38. The van der Waals surface area contributed by atoms with Crippen LogP contribution in [0.15, 0.2) is 23.8 Å². The summed E-state index contributed by atoms with van der Waals surface area (Å²) < 4.78 is 0. The molecule has 1 fully saturated rings. The Labute approximate surface area is 80.7 Å². The van der Waals surface area contributed by atoms with Gasteiger partial charge in [-0.25, -0.2) is 0 Å². The fourth-order valence-electron chi connectivity index (χ4n) is 3.72. The molecule has 0 heterocycles. The average molecular weight is 174 g/mol. The van der Waals surface area contributed by atoms with Crippen LogP contribution in [0.2, 0.25) is 0 Å². The first kappa shape index (κ1) is 7.84. The molecule has 0 heteroatoms. The Hall–Kier alpha value is -0.520. The van der Waals surface area contributed by atoms with Crippen LogP contribution in [0.4, 0.5) is 0 Å². The van der Waals surface area contributed by atoms with Gasteiger partial charge in [0, 0.05) is 10.8 Å². The first-order chi connectivity index (χ1) is 6.27. The molecular weight excluding hydrogens is 156 g/mol. The third-order valence-electron chi connectivity index (χ3n) is 4.62. The first-order valence-corrected chi connectivity index (χ1v) is 5.63. The minimum absolute atomic E-state index is 0.615. The van der Waals surface area contributed by atoms with Gasteiger partial charge in [0.15, 0.2) is 0 Å². The van der Waals surface area contributed by atoms with Gasteiger partial charge in [-0.2, -0.15) is 0 Å². The molecule has 13 heavy (non-hydrogen) atoms. The van der Waals surface area contributed by atoms with E-state index >= 15 is 0 Å². The van der Waals surface area contributed by atoms with Crippen LogP contribution in [-0.2, 0) is 0 Å². The molecule has 2 unspecified atom stereocenters. The zero-order valence-electron chi connectivity index (χ0n) is 8.47. The SMILES string of the molecule is CC1=CCC23C=CC2(CCCC3)C1. The van der Waals surface area contributed by atoms with Crippen molar-refractivity contribution in [2.24, 2.45) is 10.8 Å². The Balaban J connectivity index is 2.02. The van der Waals surface area contributed by atoms with Crippen molar-refractivity contribution in [1.29, 1.82) is 0 Å². The van der Waals surface area contributed by atoms with Gasteiger partial charge in [-0.1, -0.05) is 36.6 Å². The van der Waals surface area contributed by atoms with E-state index in [1.165, 1.54) is 38.5 Å². The van der Waals surface area contributed by atoms with Crippen molar-refractivity contribution < 1.29 is 0 Å². The lowest BCUT2D eigenvalue weighted by molar-refractivity contribution is 0.0344. The van der Waals surface area contributed by atoms with E-state index in [1.54, 1.807) is 5.57 Å². The van der Waals surface area contributed by atoms with Gasteiger partial charge >= 0.3 is 0 Å². The van der Waals surface area contributed by atoms with E-state index in [2.05, 4.69) is 25.2 Å². The maximum absolute atomic E-state index is 2.52.